The molecular weight excluding hydrogens is 288 g/mol. The minimum Gasteiger partial charge on any atom is -0.481 e. The Balaban J connectivity index is 3.22. The number of rotatable bonds is 6. The van der Waals surface area contributed by atoms with Crippen molar-refractivity contribution in [3.63, 3.8) is 0 Å². The summed E-state index contributed by atoms with van der Waals surface area (Å²) in [4.78, 5) is 20.2. The second kappa shape index (κ2) is 5.97. The second-order valence-corrected chi connectivity index (χ2v) is 5.95. The molecule has 0 aliphatic carbocycles. The Morgan fingerprint density at radius 3 is 2.60 bits per heavy atom. The maximum Gasteiger partial charge on any atom is 0.304 e. The average Bonchev–Trinajstić information content (AvgIpc) is 2.25. The van der Waals surface area contributed by atoms with Crippen molar-refractivity contribution < 1.29 is 23.2 Å². The normalized spacial score (nSPS) is 12.9. The van der Waals surface area contributed by atoms with Crippen molar-refractivity contribution in [1.29, 1.82) is 0 Å². The third kappa shape index (κ3) is 3.75. The maximum absolute atomic E-state index is 12.2. The van der Waals surface area contributed by atoms with Crippen molar-refractivity contribution in [2.75, 3.05) is 0 Å². The number of aryl methyl sites for hydroxylation is 1. The quantitative estimate of drug-likeness (QED) is 0.597. The number of carboxylic acid groups (broad SMARTS) is 1. The minimum absolute atomic E-state index is 0.217. The lowest BCUT2D eigenvalue weighted by Gasteiger charge is -2.13. The SMILES string of the molecule is Cc1cccc([N+](=O)[O-])c1S(=O)(=O)NC(C)CC(=O)O. The van der Waals surface area contributed by atoms with Gasteiger partial charge in [-0.1, -0.05) is 12.1 Å². The fraction of sp³-hybridized carbons (Fsp3) is 0.364. The third-order valence-electron chi connectivity index (χ3n) is 2.49. The molecule has 0 amide bonds. The first-order chi connectivity index (χ1) is 9.15. The van der Waals surface area contributed by atoms with Crippen LogP contribution >= 0.6 is 0 Å². The predicted octanol–water partition coefficient (Wildman–Crippen LogP) is 1.04. The highest BCUT2D eigenvalue weighted by Gasteiger charge is 2.29. The molecule has 0 saturated heterocycles. The van der Waals surface area contributed by atoms with Gasteiger partial charge in [-0.15, -0.1) is 0 Å². The Hall–Kier alpha value is -2.00. The molecule has 110 valence electrons. The Bertz CT molecular complexity index is 640. The number of carboxylic acids is 1. The van der Waals surface area contributed by atoms with Crippen LogP contribution in [0.1, 0.15) is 18.9 Å². The highest BCUT2D eigenvalue weighted by Crippen LogP contribution is 2.26. The van der Waals surface area contributed by atoms with Crippen LogP contribution in [0.4, 0.5) is 5.69 Å². The molecule has 0 saturated carbocycles. The molecule has 0 bridgehead atoms. The van der Waals surface area contributed by atoms with Gasteiger partial charge < -0.3 is 5.11 Å². The van der Waals surface area contributed by atoms with Gasteiger partial charge in [0.25, 0.3) is 5.69 Å². The van der Waals surface area contributed by atoms with Crippen molar-refractivity contribution in [3.8, 4) is 0 Å². The molecule has 0 spiro atoms. The van der Waals surface area contributed by atoms with Crippen LogP contribution in [0.2, 0.25) is 0 Å². The molecule has 0 aliphatic heterocycles. The zero-order valence-electron chi connectivity index (χ0n) is 10.9. The molecule has 1 aromatic carbocycles. The molecule has 0 radical (unpaired) electrons. The van der Waals surface area contributed by atoms with Gasteiger partial charge in [0.2, 0.25) is 10.0 Å². The molecule has 20 heavy (non-hydrogen) atoms. The van der Waals surface area contributed by atoms with Crippen molar-refractivity contribution in [2.45, 2.75) is 31.2 Å². The van der Waals surface area contributed by atoms with Gasteiger partial charge in [-0.05, 0) is 19.4 Å². The van der Waals surface area contributed by atoms with Crippen molar-refractivity contribution >= 4 is 21.7 Å². The molecule has 8 nitrogen and oxygen atoms in total. The van der Waals surface area contributed by atoms with Gasteiger partial charge in [-0.3, -0.25) is 14.9 Å². The van der Waals surface area contributed by atoms with E-state index in [2.05, 4.69) is 4.72 Å². The Morgan fingerprint density at radius 1 is 1.50 bits per heavy atom. The van der Waals surface area contributed by atoms with Gasteiger partial charge in [0.1, 0.15) is 0 Å². The Kier molecular flexibility index (Phi) is 4.79. The van der Waals surface area contributed by atoms with E-state index >= 15 is 0 Å². The number of aliphatic carboxylic acids is 1. The molecular formula is C11H14N2O6S. The van der Waals surface area contributed by atoms with E-state index in [4.69, 9.17) is 5.11 Å². The summed E-state index contributed by atoms with van der Waals surface area (Å²) in [7, 11) is -4.17. The number of nitro groups is 1. The first-order valence-electron chi connectivity index (χ1n) is 5.63. The van der Waals surface area contributed by atoms with Gasteiger partial charge in [0.15, 0.2) is 4.90 Å². The molecule has 0 aliphatic rings. The lowest BCUT2D eigenvalue weighted by Crippen LogP contribution is -2.34. The zero-order valence-corrected chi connectivity index (χ0v) is 11.7. The first kappa shape index (κ1) is 16.1. The number of nitrogens with one attached hydrogen (secondary N) is 1. The summed E-state index contributed by atoms with van der Waals surface area (Å²) in [6.07, 6.45) is -0.418. The zero-order chi connectivity index (χ0) is 15.5. The van der Waals surface area contributed by atoms with Crippen LogP contribution in [0.5, 0.6) is 0 Å². The van der Waals surface area contributed by atoms with Gasteiger partial charge in [0, 0.05) is 12.1 Å². The van der Waals surface area contributed by atoms with Crippen LogP contribution < -0.4 is 4.72 Å². The fourth-order valence-corrected chi connectivity index (χ4v) is 3.40. The fourth-order valence-electron chi connectivity index (χ4n) is 1.76. The summed E-state index contributed by atoms with van der Waals surface area (Å²) in [5.41, 5.74) is -0.325. The number of sulfonamides is 1. The van der Waals surface area contributed by atoms with E-state index in [1.54, 1.807) is 0 Å². The molecule has 1 atom stereocenters. The number of nitrogens with zero attached hydrogens (tertiary/aromatic N) is 1. The summed E-state index contributed by atoms with van der Waals surface area (Å²) in [6, 6.07) is 3.02. The number of carbonyl (C=O) groups is 1. The molecule has 1 rings (SSSR count). The summed E-state index contributed by atoms with van der Waals surface area (Å²) in [6.45, 7) is 2.80. The minimum atomic E-state index is -4.17. The van der Waals surface area contributed by atoms with Gasteiger partial charge in [-0.2, -0.15) is 0 Å². The summed E-state index contributed by atoms with van der Waals surface area (Å²) >= 11 is 0. The van der Waals surface area contributed by atoms with E-state index < -0.39 is 44.0 Å². The number of nitro benzene ring substituents is 1. The standard InChI is InChI=1S/C11H14N2O6S/c1-7-4-3-5-9(13(16)17)11(7)20(18,19)12-8(2)6-10(14)15/h3-5,8,12H,6H2,1-2H3,(H,14,15). The molecule has 2 N–H and O–H groups in total. The predicted molar refractivity (Wildman–Crippen MR) is 69.9 cm³/mol. The summed E-state index contributed by atoms with van der Waals surface area (Å²) < 4.78 is 26.5. The topological polar surface area (TPSA) is 127 Å². The van der Waals surface area contributed by atoms with E-state index in [9.17, 15) is 23.3 Å². The third-order valence-corrected chi connectivity index (χ3v) is 4.27. The first-order valence-corrected chi connectivity index (χ1v) is 7.11. The molecule has 0 aromatic heterocycles. The molecule has 1 unspecified atom stereocenters. The van der Waals surface area contributed by atoms with Crippen molar-refractivity contribution in [1.82, 2.24) is 4.72 Å². The Morgan fingerprint density at radius 2 is 2.10 bits per heavy atom. The van der Waals surface area contributed by atoms with E-state index in [1.807, 2.05) is 0 Å². The number of hydrogen-bond acceptors (Lipinski definition) is 5. The van der Waals surface area contributed by atoms with Gasteiger partial charge in [0.05, 0.1) is 11.3 Å². The van der Waals surface area contributed by atoms with Gasteiger partial charge >= 0.3 is 5.97 Å². The molecule has 9 heteroatoms. The van der Waals surface area contributed by atoms with Crippen LogP contribution in [0.25, 0.3) is 0 Å². The van der Waals surface area contributed by atoms with Crippen molar-refractivity contribution in [3.05, 3.63) is 33.9 Å². The van der Waals surface area contributed by atoms with Crippen LogP contribution in [0, 0.1) is 17.0 Å². The highest BCUT2D eigenvalue weighted by molar-refractivity contribution is 7.89. The van der Waals surface area contributed by atoms with Crippen LogP contribution in [-0.4, -0.2) is 30.5 Å². The van der Waals surface area contributed by atoms with Crippen molar-refractivity contribution in [2.24, 2.45) is 0 Å². The van der Waals surface area contributed by atoms with E-state index in [0.717, 1.165) is 6.07 Å². The van der Waals surface area contributed by atoms with E-state index in [1.165, 1.54) is 26.0 Å². The monoisotopic (exact) mass is 302 g/mol. The highest BCUT2D eigenvalue weighted by atomic mass is 32.2. The molecule has 1 aromatic rings. The lowest BCUT2D eigenvalue weighted by atomic mass is 10.2. The largest absolute Gasteiger partial charge is 0.481 e. The van der Waals surface area contributed by atoms with Crippen LogP contribution in [-0.2, 0) is 14.8 Å². The lowest BCUT2D eigenvalue weighted by molar-refractivity contribution is -0.387. The van der Waals surface area contributed by atoms with Gasteiger partial charge in [-0.25, -0.2) is 13.1 Å². The average molecular weight is 302 g/mol. The van der Waals surface area contributed by atoms with Crippen LogP contribution in [0.3, 0.4) is 0 Å². The van der Waals surface area contributed by atoms with Crippen LogP contribution in [0.15, 0.2) is 23.1 Å². The Labute approximate surface area is 115 Å². The molecule has 0 fully saturated rings. The number of hydrogen-bond donors (Lipinski definition) is 2. The number of benzene rings is 1. The maximum atomic E-state index is 12.2. The summed E-state index contributed by atoms with van der Waals surface area (Å²) in [5.74, 6) is -1.17. The second-order valence-electron chi connectivity index (χ2n) is 4.30. The molecule has 0 heterocycles. The summed E-state index contributed by atoms with van der Waals surface area (Å²) in [5, 5.41) is 19.5. The van der Waals surface area contributed by atoms with E-state index in [0.29, 0.717) is 0 Å². The smallest absolute Gasteiger partial charge is 0.304 e. The van der Waals surface area contributed by atoms with E-state index in [-0.39, 0.29) is 5.56 Å².